The first-order valence-electron chi connectivity index (χ1n) is 12.0. The van der Waals surface area contributed by atoms with Gasteiger partial charge in [-0.2, -0.15) is 0 Å². The molecule has 7 nitrogen and oxygen atoms in total. The summed E-state index contributed by atoms with van der Waals surface area (Å²) >= 11 is 0. The van der Waals surface area contributed by atoms with Crippen LogP contribution in [0.15, 0.2) is 42.5 Å². The van der Waals surface area contributed by atoms with Crippen LogP contribution in [0.5, 0.6) is 11.5 Å². The van der Waals surface area contributed by atoms with Crippen molar-refractivity contribution in [1.82, 2.24) is 9.80 Å². The van der Waals surface area contributed by atoms with E-state index in [2.05, 4.69) is 11.8 Å². The smallest absolute Gasteiger partial charge is 0.306 e. The second-order valence-electron chi connectivity index (χ2n) is 8.88. The molecule has 0 aromatic heterocycles. The molecule has 2 aromatic rings. The van der Waals surface area contributed by atoms with Gasteiger partial charge < -0.3 is 19.1 Å². The Labute approximate surface area is 206 Å². The van der Waals surface area contributed by atoms with E-state index in [9.17, 15) is 14.0 Å². The second-order valence-corrected chi connectivity index (χ2v) is 8.88. The van der Waals surface area contributed by atoms with Crippen molar-refractivity contribution < 1.29 is 28.2 Å². The lowest BCUT2D eigenvalue weighted by molar-refractivity contribution is -0.143. The number of carbonyl (C=O) groups is 2. The van der Waals surface area contributed by atoms with Crippen LogP contribution in [0.3, 0.4) is 0 Å². The highest BCUT2D eigenvalue weighted by atomic mass is 19.1. The molecule has 1 saturated heterocycles. The third kappa shape index (κ3) is 7.42. The van der Waals surface area contributed by atoms with E-state index >= 15 is 0 Å². The van der Waals surface area contributed by atoms with E-state index in [4.69, 9.17) is 14.2 Å². The molecule has 8 heteroatoms. The van der Waals surface area contributed by atoms with Crippen molar-refractivity contribution in [2.24, 2.45) is 0 Å². The molecule has 2 aromatic carbocycles. The summed E-state index contributed by atoms with van der Waals surface area (Å²) in [4.78, 5) is 28.7. The number of methoxy groups -OCH3 is 1. The van der Waals surface area contributed by atoms with Crippen molar-refractivity contribution in [3.63, 3.8) is 0 Å². The van der Waals surface area contributed by atoms with Crippen molar-refractivity contribution >= 4 is 11.9 Å². The molecule has 3 rings (SSSR count). The van der Waals surface area contributed by atoms with Crippen LogP contribution in [-0.2, 0) is 27.3 Å². The van der Waals surface area contributed by atoms with Crippen LogP contribution in [0.25, 0.3) is 0 Å². The predicted octanol–water partition coefficient (Wildman–Crippen LogP) is 3.83. The standard InChI is InChI=1S/C27H35FN2O5/c1-5-34-27(32)13-9-21-8-12-24(25(14-21)33-4)35-18-26(31)30-16-19(2)29(15-20(30)3)17-22-6-10-23(28)11-7-22/h6-8,10-12,14,19-20H,5,9,13,15-18H2,1-4H3/t19-,20+/m1/s1. The lowest BCUT2D eigenvalue weighted by Crippen LogP contribution is -2.58. The van der Waals surface area contributed by atoms with E-state index in [1.54, 1.807) is 32.2 Å². The van der Waals surface area contributed by atoms with E-state index in [-0.39, 0.29) is 36.4 Å². The minimum atomic E-state index is -0.242. The molecule has 1 fully saturated rings. The zero-order valence-corrected chi connectivity index (χ0v) is 21.0. The van der Waals surface area contributed by atoms with E-state index in [0.717, 1.165) is 17.7 Å². The number of hydrogen-bond donors (Lipinski definition) is 0. The van der Waals surface area contributed by atoms with Gasteiger partial charge >= 0.3 is 5.97 Å². The molecule has 2 atom stereocenters. The molecule has 0 saturated carbocycles. The highest BCUT2D eigenvalue weighted by Gasteiger charge is 2.32. The minimum absolute atomic E-state index is 0.0231. The minimum Gasteiger partial charge on any atom is -0.493 e. The van der Waals surface area contributed by atoms with Crippen molar-refractivity contribution in [2.75, 3.05) is 33.4 Å². The Bertz CT molecular complexity index is 998. The Balaban J connectivity index is 1.54. The van der Waals surface area contributed by atoms with Crippen LogP contribution in [0.1, 0.15) is 38.3 Å². The van der Waals surface area contributed by atoms with Crippen LogP contribution in [-0.4, -0.2) is 67.2 Å². The van der Waals surface area contributed by atoms with Crippen LogP contribution in [0.4, 0.5) is 4.39 Å². The Morgan fingerprint density at radius 1 is 1.00 bits per heavy atom. The average molecular weight is 487 g/mol. The van der Waals surface area contributed by atoms with Gasteiger partial charge in [-0.25, -0.2) is 4.39 Å². The van der Waals surface area contributed by atoms with Gasteiger partial charge in [0.05, 0.1) is 13.7 Å². The quantitative estimate of drug-likeness (QED) is 0.476. The molecule has 0 unspecified atom stereocenters. The number of rotatable bonds is 10. The van der Waals surface area contributed by atoms with Gasteiger partial charge in [0.25, 0.3) is 5.91 Å². The SMILES string of the molecule is CCOC(=O)CCc1ccc(OCC(=O)N2C[C@@H](C)N(Cc3ccc(F)cc3)C[C@@H]2C)c(OC)c1. The van der Waals surface area contributed by atoms with Gasteiger partial charge in [-0.1, -0.05) is 18.2 Å². The number of hydrogen-bond acceptors (Lipinski definition) is 6. The molecular formula is C27H35FN2O5. The molecule has 0 radical (unpaired) electrons. The number of ether oxygens (including phenoxy) is 3. The first kappa shape index (κ1) is 26.5. The fourth-order valence-electron chi connectivity index (χ4n) is 4.28. The highest BCUT2D eigenvalue weighted by molar-refractivity contribution is 5.78. The van der Waals surface area contributed by atoms with Crippen molar-refractivity contribution in [3.8, 4) is 11.5 Å². The monoisotopic (exact) mass is 486 g/mol. The number of aryl methyl sites for hydroxylation is 1. The van der Waals surface area contributed by atoms with E-state index in [0.29, 0.717) is 44.0 Å². The normalized spacial score (nSPS) is 18.3. The molecule has 1 aliphatic heterocycles. The summed E-state index contributed by atoms with van der Waals surface area (Å²) in [5.41, 5.74) is 1.97. The van der Waals surface area contributed by atoms with Gasteiger partial charge in [-0.3, -0.25) is 14.5 Å². The summed E-state index contributed by atoms with van der Waals surface area (Å²) in [6, 6.07) is 12.2. The van der Waals surface area contributed by atoms with Crippen molar-refractivity contribution in [2.45, 2.75) is 52.2 Å². The molecule has 0 N–H and O–H groups in total. The van der Waals surface area contributed by atoms with E-state index in [1.165, 1.54) is 12.1 Å². The third-order valence-corrected chi connectivity index (χ3v) is 6.24. The highest BCUT2D eigenvalue weighted by Crippen LogP contribution is 2.29. The Morgan fingerprint density at radius 2 is 1.71 bits per heavy atom. The van der Waals surface area contributed by atoms with E-state index in [1.807, 2.05) is 24.0 Å². The maximum atomic E-state index is 13.2. The fraction of sp³-hybridized carbons (Fsp3) is 0.481. The summed E-state index contributed by atoms with van der Waals surface area (Å²) in [6.45, 7) is 8.21. The fourth-order valence-corrected chi connectivity index (χ4v) is 4.28. The molecule has 190 valence electrons. The summed E-state index contributed by atoms with van der Waals surface area (Å²) in [5.74, 6) is 0.437. The van der Waals surface area contributed by atoms with Crippen LogP contribution >= 0.6 is 0 Å². The summed E-state index contributed by atoms with van der Waals surface area (Å²) in [6.07, 6.45) is 0.824. The zero-order valence-electron chi connectivity index (χ0n) is 21.0. The van der Waals surface area contributed by atoms with Gasteiger partial charge in [-0.15, -0.1) is 0 Å². The molecular weight excluding hydrogens is 451 g/mol. The van der Waals surface area contributed by atoms with E-state index < -0.39 is 0 Å². The molecule has 0 spiro atoms. The predicted molar refractivity (Wildman–Crippen MR) is 131 cm³/mol. The van der Waals surface area contributed by atoms with Gasteiger partial charge in [0.2, 0.25) is 0 Å². The number of nitrogens with zero attached hydrogens (tertiary/aromatic N) is 2. The van der Waals surface area contributed by atoms with Crippen LogP contribution in [0, 0.1) is 5.82 Å². The number of halogens is 1. The average Bonchev–Trinajstić information content (AvgIpc) is 2.85. The Morgan fingerprint density at radius 3 is 2.40 bits per heavy atom. The molecule has 1 aliphatic rings. The number of amides is 1. The maximum absolute atomic E-state index is 13.2. The summed E-state index contributed by atoms with van der Waals surface area (Å²) in [7, 11) is 1.54. The lowest BCUT2D eigenvalue weighted by Gasteiger charge is -2.44. The number of piperazine rings is 1. The Hall–Kier alpha value is -3.13. The molecule has 0 aliphatic carbocycles. The summed E-state index contributed by atoms with van der Waals surface area (Å²) in [5, 5.41) is 0. The number of carbonyl (C=O) groups excluding carboxylic acids is 2. The number of esters is 1. The Kier molecular flexibility index (Phi) is 9.48. The van der Waals surface area contributed by atoms with Gasteiger partial charge in [-0.05, 0) is 62.6 Å². The van der Waals surface area contributed by atoms with Crippen molar-refractivity contribution in [1.29, 1.82) is 0 Å². The molecule has 1 heterocycles. The largest absolute Gasteiger partial charge is 0.493 e. The molecule has 35 heavy (non-hydrogen) atoms. The first-order valence-corrected chi connectivity index (χ1v) is 12.0. The maximum Gasteiger partial charge on any atom is 0.306 e. The summed E-state index contributed by atoms with van der Waals surface area (Å²) < 4.78 is 29.4. The van der Waals surface area contributed by atoms with Crippen LogP contribution in [0.2, 0.25) is 0 Å². The van der Waals surface area contributed by atoms with Crippen LogP contribution < -0.4 is 9.47 Å². The lowest BCUT2D eigenvalue weighted by atomic mass is 10.1. The van der Waals surface area contributed by atoms with Gasteiger partial charge in [0, 0.05) is 38.1 Å². The first-order chi connectivity index (χ1) is 16.8. The molecule has 0 bridgehead atoms. The van der Waals surface area contributed by atoms with Crippen molar-refractivity contribution in [3.05, 3.63) is 59.4 Å². The molecule has 1 amide bonds. The number of benzene rings is 2. The zero-order chi connectivity index (χ0) is 25.4. The third-order valence-electron chi connectivity index (χ3n) is 6.24. The second kappa shape index (κ2) is 12.5. The van der Waals surface area contributed by atoms with Gasteiger partial charge in [0.15, 0.2) is 18.1 Å². The topological polar surface area (TPSA) is 68.3 Å². The van der Waals surface area contributed by atoms with Gasteiger partial charge in [0.1, 0.15) is 5.82 Å².